The van der Waals surface area contributed by atoms with Crippen LogP contribution >= 0.6 is 34.8 Å². The van der Waals surface area contributed by atoms with Crippen LogP contribution in [0.25, 0.3) is 0 Å². The van der Waals surface area contributed by atoms with Crippen LogP contribution in [0.5, 0.6) is 0 Å². The van der Waals surface area contributed by atoms with Crippen LogP contribution in [0.4, 0.5) is 0 Å². The molecule has 1 heterocycles. The summed E-state index contributed by atoms with van der Waals surface area (Å²) in [6.07, 6.45) is 1.13. The summed E-state index contributed by atoms with van der Waals surface area (Å²) in [7, 11) is 0. The average molecular weight is 366 g/mol. The van der Waals surface area contributed by atoms with Gasteiger partial charge in [0.15, 0.2) is 5.78 Å². The van der Waals surface area contributed by atoms with Gasteiger partial charge in [-0.1, -0.05) is 34.8 Å². The number of nitrogens with zero attached hydrogens (tertiary/aromatic N) is 2. The smallest absolute Gasteiger partial charge is 0.289 e. The summed E-state index contributed by atoms with van der Waals surface area (Å²) in [5.74, 6) is -1.01. The van der Waals surface area contributed by atoms with Crippen LogP contribution in [-0.4, -0.2) is 11.7 Å². The molecule has 4 nitrogen and oxygen atoms in total. The normalized spacial score (nSPS) is 14.9. The van der Waals surface area contributed by atoms with Crippen LogP contribution < -0.4 is 10.7 Å². The number of rotatable bonds is 2. The summed E-state index contributed by atoms with van der Waals surface area (Å²) in [6, 6.07) is 9.31. The summed E-state index contributed by atoms with van der Waals surface area (Å²) in [4.78, 5) is 32.2. The Kier molecular flexibility index (Phi) is 4.31. The number of carbonyl (C=O) groups is 2. The zero-order chi connectivity index (χ0) is 16.6. The summed E-state index contributed by atoms with van der Waals surface area (Å²) in [6.45, 7) is 0. The van der Waals surface area contributed by atoms with Gasteiger partial charge < -0.3 is 0 Å². The van der Waals surface area contributed by atoms with Crippen LogP contribution in [0.2, 0.25) is 15.1 Å². The van der Waals surface area contributed by atoms with Crippen LogP contribution in [0, 0.1) is 0 Å². The van der Waals surface area contributed by atoms with Crippen LogP contribution in [0.3, 0.4) is 0 Å². The van der Waals surface area contributed by atoms with Gasteiger partial charge in [0.05, 0.1) is 10.4 Å². The molecule has 114 valence electrons. The first-order valence-corrected chi connectivity index (χ1v) is 7.56. The molecule has 7 heteroatoms. The van der Waals surface area contributed by atoms with Crippen molar-refractivity contribution in [2.45, 2.75) is 0 Å². The predicted octanol–water partition coefficient (Wildman–Crippen LogP) is 3.19. The minimum Gasteiger partial charge on any atom is -0.289 e. The Morgan fingerprint density at radius 3 is 2.35 bits per heavy atom. The molecule has 23 heavy (non-hydrogen) atoms. The molecule has 0 spiro atoms. The second kappa shape index (κ2) is 6.24. The molecule has 0 saturated carbocycles. The van der Waals surface area contributed by atoms with Gasteiger partial charge in [0.1, 0.15) is 11.1 Å². The van der Waals surface area contributed by atoms with Gasteiger partial charge in [-0.2, -0.15) is 0 Å². The fourth-order valence-corrected chi connectivity index (χ4v) is 2.65. The Labute approximate surface area is 145 Å². The highest BCUT2D eigenvalue weighted by Crippen LogP contribution is 2.14. The molecule has 0 aliphatic carbocycles. The van der Waals surface area contributed by atoms with E-state index in [-0.39, 0.29) is 21.9 Å². The van der Waals surface area contributed by atoms with E-state index in [0.29, 0.717) is 21.0 Å². The van der Waals surface area contributed by atoms with Gasteiger partial charge in [-0.25, -0.2) is 9.98 Å². The summed E-state index contributed by atoms with van der Waals surface area (Å²) < 4.78 is 0. The van der Waals surface area contributed by atoms with Crippen LogP contribution in [-0.2, 0) is 4.79 Å². The first kappa shape index (κ1) is 15.9. The number of hydrogen-bond acceptors (Lipinski definition) is 3. The molecule has 1 aliphatic heterocycles. The fourth-order valence-electron chi connectivity index (χ4n) is 2.00. The molecule has 0 aromatic heterocycles. The quantitative estimate of drug-likeness (QED) is 0.606. The lowest BCUT2D eigenvalue weighted by molar-refractivity contribution is -0.114. The SMILES string of the molecule is O=C1N=c2c(Cl)cc(Cl)cc2=N/C1=C\C(=O)c1ccc(Cl)cc1. The molecule has 2 aromatic carbocycles. The molecule has 2 aromatic rings. The minimum absolute atomic E-state index is 0.0733. The van der Waals surface area contributed by atoms with E-state index in [4.69, 9.17) is 34.8 Å². The van der Waals surface area contributed by atoms with Gasteiger partial charge in [-0.05, 0) is 36.4 Å². The molecule has 1 aliphatic rings. The Balaban J connectivity index is 2.06. The summed E-state index contributed by atoms with van der Waals surface area (Å²) >= 11 is 17.7. The maximum atomic E-state index is 12.2. The Bertz CT molecular complexity index is 980. The highest BCUT2D eigenvalue weighted by Gasteiger charge is 2.16. The van der Waals surface area contributed by atoms with Crippen molar-refractivity contribution in [3.05, 3.63) is 79.5 Å². The Morgan fingerprint density at radius 2 is 1.65 bits per heavy atom. The molecule has 0 unspecified atom stereocenters. The van der Waals surface area contributed by atoms with Crippen molar-refractivity contribution in [2.75, 3.05) is 0 Å². The molecule has 1 amide bonds. The van der Waals surface area contributed by atoms with Gasteiger partial charge in [-0.15, -0.1) is 0 Å². The average Bonchev–Trinajstić information content (AvgIpc) is 2.49. The third-order valence-electron chi connectivity index (χ3n) is 3.08. The van der Waals surface area contributed by atoms with E-state index >= 15 is 0 Å². The molecule has 0 bridgehead atoms. The highest BCUT2D eigenvalue weighted by molar-refractivity contribution is 6.34. The number of carbonyl (C=O) groups excluding carboxylic acids is 2. The number of halogens is 3. The highest BCUT2D eigenvalue weighted by atomic mass is 35.5. The lowest BCUT2D eigenvalue weighted by Gasteiger charge is -2.04. The molecule has 3 rings (SSSR count). The van der Waals surface area contributed by atoms with Crippen molar-refractivity contribution in [3.8, 4) is 0 Å². The Morgan fingerprint density at radius 1 is 0.957 bits per heavy atom. The van der Waals surface area contributed by atoms with Crippen molar-refractivity contribution in [1.29, 1.82) is 0 Å². The van der Waals surface area contributed by atoms with Crippen molar-refractivity contribution >= 4 is 46.5 Å². The van der Waals surface area contributed by atoms with Crippen molar-refractivity contribution in [1.82, 2.24) is 0 Å². The van der Waals surface area contributed by atoms with Crippen molar-refractivity contribution in [3.63, 3.8) is 0 Å². The number of hydrogen-bond donors (Lipinski definition) is 0. The predicted molar refractivity (Wildman–Crippen MR) is 87.6 cm³/mol. The lowest BCUT2D eigenvalue weighted by Crippen LogP contribution is -2.32. The zero-order valence-electron chi connectivity index (χ0n) is 11.4. The van der Waals surface area contributed by atoms with E-state index in [1.54, 1.807) is 24.3 Å². The second-order valence-corrected chi connectivity index (χ2v) is 5.96. The van der Waals surface area contributed by atoms with E-state index < -0.39 is 5.91 Å². The number of allylic oxidation sites excluding steroid dienone is 1. The van der Waals surface area contributed by atoms with E-state index in [1.165, 1.54) is 12.1 Å². The maximum absolute atomic E-state index is 12.2. The third-order valence-corrected chi connectivity index (χ3v) is 3.84. The molecule has 0 radical (unpaired) electrons. The Hall–Kier alpha value is -2.01. The number of fused-ring (bicyclic) bond motifs is 1. The maximum Gasteiger partial charge on any atom is 0.296 e. The molecule has 0 atom stereocenters. The molecule has 0 fully saturated rings. The molecule has 0 saturated heterocycles. The van der Waals surface area contributed by atoms with Crippen LogP contribution in [0.1, 0.15) is 10.4 Å². The van der Waals surface area contributed by atoms with Gasteiger partial charge >= 0.3 is 0 Å². The number of benzene rings is 2. The number of ketones is 1. The fraction of sp³-hybridized carbons (Fsp3) is 0. The zero-order valence-corrected chi connectivity index (χ0v) is 13.7. The number of amides is 1. The standard InChI is InChI=1S/C16H7Cl3N2O2/c17-9-3-1-8(2-4-9)14(22)7-13-16(23)21-15-11(19)5-10(18)6-12(15)20-13/h1-7H/b13-7-. The summed E-state index contributed by atoms with van der Waals surface area (Å²) in [5, 5.41) is 1.70. The second-order valence-electron chi connectivity index (χ2n) is 4.68. The van der Waals surface area contributed by atoms with Gasteiger partial charge in [0.25, 0.3) is 5.91 Å². The first-order valence-electron chi connectivity index (χ1n) is 6.42. The molecular formula is C16H7Cl3N2O2. The van der Waals surface area contributed by atoms with Crippen molar-refractivity contribution in [2.24, 2.45) is 9.98 Å². The topological polar surface area (TPSA) is 58.9 Å². The van der Waals surface area contributed by atoms with E-state index in [2.05, 4.69) is 9.98 Å². The van der Waals surface area contributed by atoms with Gasteiger partial charge in [0, 0.05) is 21.7 Å². The minimum atomic E-state index is -0.635. The van der Waals surface area contributed by atoms with E-state index in [9.17, 15) is 9.59 Å². The largest absolute Gasteiger partial charge is 0.296 e. The van der Waals surface area contributed by atoms with E-state index in [0.717, 1.165) is 6.08 Å². The molecule has 0 N–H and O–H groups in total. The first-order chi connectivity index (χ1) is 10.9. The lowest BCUT2D eigenvalue weighted by atomic mass is 10.1. The van der Waals surface area contributed by atoms with Gasteiger partial charge in [0.2, 0.25) is 0 Å². The third kappa shape index (κ3) is 3.34. The monoisotopic (exact) mass is 364 g/mol. The van der Waals surface area contributed by atoms with Crippen molar-refractivity contribution < 1.29 is 9.59 Å². The summed E-state index contributed by atoms with van der Waals surface area (Å²) in [5.41, 5.74) is 0.315. The molecular weight excluding hydrogens is 359 g/mol. The van der Waals surface area contributed by atoms with Crippen LogP contribution in [0.15, 0.2) is 58.2 Å². The van der Waals surface area contributed by atoms with Gasteiger partial charge in [-0.3, -0.25) is 9.59 Å². The van der Waals surface area contributed by atoms with E-state index in [1.807, 2.05) is 0 Å².